The second kappa shape index (κ2) is 5.58. The summed E-state index contributed by atoms with van der Waals surface area (Å²) in [6.45, 7) is 0. The van der Waals surface area contributed by atoms with Crippen molar-refractivity contribution in [3.63, 3.8) is 0 Å². The number of ether oxygens (including phenoxy) is 3. The Morgan fingerprint density at radius 2 is 2.14 bits per heavy atom. The van der Waals surface area contributed by atoms with Crippen molar-refractivity contribution in [2.24, 2.45) is 0 Å². The van der Waals surface area contributed by atoms with Gasteiger partial charge in [-0.05, 0) is 18.2 Å². The molecule has 3 rings (SSSR count). The fourth-order valence-corrected chi connectivity index (χ4v) is 2.77. The summed E-state index contributed by atoms with van der Waals surface area (Å²) in [5.41, 5.74) is 0.825. The molecule has 112 valence electrons. The molecule has 1 N–H and O–H groups in total. The van der Waals surface area contributed by atoms with E-state index in [1.165, 1.54) is 0 Å². The van der Waals surface area contributed by atoms with Gasteiger partial charge in [-0.3, -0.25) is 0 Å². The number of benzene rings is 1. The lowest BCUT2D eigenvalue weighted by molar-refractivity contribution is 0.171. The molecule has 0 fully saturated rings. The second-order valence-electron chi connectivity index (χ2n) is 4.85. The van der Waals surface area contributed by atoms with E-state index in [1.807, 2.05) is 30.4 Å². The maximum absolute atomic E-state index is 9.96. The lowest BCUT2D eigenvalue weighted by atomic mass is 9.95. The smallest absolute Gasteiger partial charge is 0.198 e. The van der Waals surface area contributed by atoms with Crippen molar-refractivity contribution in [3.05, 3.63) is 52.6 Å². The zero-order chi connectivity index (χ0) is 15.7. The van der Waals surface area contributed by atoms with Crippen molar-refractivity contribution in [1.82, 2.24) is 0 Å². The van der Waals surface area contributed by atoms with Crippen molar-refractivity contribution in [1.29, 1.82) is 5.26 Å². The molecule has 0 saturated carbocycles. The normalized spacial score (nSPS) is 20.1. The highest BCUT2D eigenvalue weighted by Crippen LogP contribution is 2.28. The molecule has 5 heteroatoms. The van der Waals surface area contributed by atoms with E-state index in [0.717, 1.165) is 10.8 Å². The number of methoxy groups -OCH3 is 2. The number of aliphatic hydroxyl groups is 1. The summed E-state index contributed by atoms with van der Waals surface area (Å²) in [6, 6.07) is 7.22. The minimum absolute atomic E-state index is 0.229. The lowest BCUT2D eigenvalue weighted by Gasteiger charge is -2.29. The quantitative estimate of drug-likeness (QED) is 0.815. The molecule has 0 spiro atoms. The maximum Gasteiger partial charge on any atom is 0.198 e. The fourth-order valence-electron chi connectivity index (χ4n) is 2.77. The van der Waals surface area contributed by atoms with Gasteiger partial charge in [0, 0.05) is 10.4 Å². The topological polar surface area (TPSA) is 71.7 Å². The molecule has 0 bridgehead atoms. The van der Waals surface area contributed by atoms with Gasteiger partial charge in [0.15, 0.2) is 6.10 Å². The standard InChI is InChI=1S/C17H15NO4/c1-20-12-6-3-5-10-15(12)16-13(21-2)7-4-8-14(16)22-17(10)11(19)9-18/h3-8,11,14,19H,1-2H3. The van der Waals surface area contributed by atoms with Crippen LogP contribution in [-0.4, -0.2) is 31.5 Å². The molecule has 2 unspecified atom stereocenters. The average molecular weight is 297 g/mol. The minimum atomic E-state index is -1.34. The Morgan fingerprint density at radius 3 is 2.82 bits per heavy atom. The van der Waals surface area contributed by atoms with Gasteiger partial charge in [0.1, 0.15) is 29.4 Å². The first kappa shape index (κ1) is 14.2. The van der Waals surface area contributed by atoms with Crippen molar-refractivity contribution < 1.29 is 19.3 Å². The van der Waals surface area contributed by atoms with Crippen molar-refractivity contribution in [2.45, 2.75) is 12.2 Å². The number of hydrogen-bond acceptors (Lipinski definition) is 5. The van der Waals surface area contributed by atoms with Gasteiger partial charge in [-0.15, -0.1) is 0 Å². The van der Waals surface area contributed by atoms with Crippen molar-refractivity contribution in [2.75, 3.05) is 14.2 Å². The van der Waals surface area contributed by atoms with Gasteiger partial charge in [0.05, 0.1) is 19.8 Å². The number of nitrogens with zero attached hydrogens (tertiary/aromatic N) is 1. The molecule has 5 nitrogen and oxygen atoms in total. The summed E-state index contributed by atoms with van der Waals surface area (Å²) in [4.78, 5) is 0. The van der Waals surface area contributed by atoms with E-state index in [4.69, 9.17) is 19.5 Å². The van der Waals surface area contributed by atoms with Crippen LogP contribution in [0.2, 0.25) is 0 Å². The molecule has 0 radical (unpaired) electrons. The molecule has 1 aliphatic heterocycles. The lowest BCUT2D eigenvalue weighted by Crippen LogP contribution is -2.43. The van der Waals surface area contributed by atoms with Crippen LogP contribution in [0.4, 0.5) is 0 Å². The van der Waals surface area contributed by atoms with Crippen molar-refractivity contribution in [3.8, 4) is 11.8 Å². The highest BCUT2D eigenvalue weighted by atomic mass is 16.5. The maximum atomic E-state index is 9.96. The molecule has 0 amide bonds. The molecule has 1 aromatic carbocycles. The Morgan fingerprint density at radius 1 is 1.32 bits per heavy atom. The number of fused-ring (bicyclic) bond motifs is 2. The predicted octanol–water partition coefficient (Wildman–Crippen LogP) is 0.337. The van der Waals surface area contributed by atoms with Crippen LogP contribution in [0.5, 0.6) is 5.75 Å². The zero-order valence-corrected chi connectivity index (χ0v) is 12.2. The number of rotatable bonds is 3. The van der Waals surface area contributed by atoms with E-state index in [1.54, 1.807) is 26.4 Å². The summed E-state index contributed by atoms with van der Waals surface area (Å²) in [7, 11) is 3.17. The van der Waals surface area contributed by atoms with Crippen LogP contribution in [-0.2, 0) is 9.47 Å². The SMILES string of the molecule is COC1=CC=CC2OC(C(O)C#N)=c3cccc(OC)c3=C12. The first-order chi connectivity index (χ1) is 10.7. The van der Waals surface area contributed by atoms with Gasteiger partial charge in [-0.2, -0.15) is 5.26 Å². The van der Waals surface area contributed by atoms with E-state index in [0.29, 0.717) is 16.7 Å². The van der Waals surface area contributed by atoms with Crippen LogP contribution in [0.1, 0.15) is 0 Å². The first-order valence-corrected chi connectivity index (χ1v) is 6.80. The third kappa shape index (κ3) is 2.05. The van der Waals surface area contributed by atoms with Crippen LogP contribution in [0.25, 0.3) is 11.3 Å². The van der Waals surface area contributed by atoms with E-state index >= 15 is 0 Å². The molecule has 2 aliphatic rings. The molecule has 0 aromatic heterocycles. The van der Waals surface area contributed by atoms with E-state index in [2.05, 4.69) is 0 Å². The molecular weight excluding hydrogens is 282 g/mol. The Balaban J connectivity index is 2.47. The zero-order valence-electron chi connectivity index (χ0n) is 12.2. The predicted molar refractivity (Wildman–Crippen MR) is 79.8 cm³/mol. The Kier molecular flexibility index (Phi) is 3.61. The highest BCUT2D eigenvalue weighted by Gasteiger charge is 2.30. The number of hydrogen-bond donors (Lipinski definition) is 1. The van der Waals surface area contributed by atoms with E-state index < -0.39 is 12.2 Å². The van der Waals surface area contributed by atoms with Crippen LogP contribution >= 0.6 is 0 Å². The summed E-state index contributed by atoms with van der Waals surface area (Å²) in [5, 5.41) is 20.4. The monoisotopic (exact) mass is 297 g/mol. The van der Waals surface area contributed by atoms with Gasteiger partial charge in [-0.1, -0.05) is 18.2 Å². The molecule has 1 aromatic rings. The van der Waals surface area contributed by atoms with Crippen LogP contribution < -0.4 is 15.2 Å². The number of allylic oxidation sites excluding steroid dienone is 2. The van der Waals surface area contributed by atoms with Gasteiger partial charge < -0.3 is 19.3 Å². The van der Waals surface area contributed by atoms with Crippen LogP contribution in [0.15, 0.2) is 42.2 Å². The summed E-state index contributed by atoms with van der Waals surface area (Å²) in [6.07, 6.45) is 3.75. The Hall–Kier alpha value is -2.71. The third-order valence-corrected chi connectivity index (χ3v) is 3.71. The second-order valence-corrected chi connectivity index (χ2v) is 4.85. The molecule has 0 saturated heterocycles. The molecule has 1 heterocycles. The highest BCUT2D eigenvalue weighted by molar-refractivity contribution is 5.74. The average Bonchev–Trinajstić information content (AvgIpc) is 2.58. The van der Waals surface area contributed by atoms with Gasteiger partial charge in [0.25, 0.3) is 0 Å². The molecule has 2 atom stereocenters. The summed E-state index contributed by atoms with van der Waals surface area (Å²) in [5.74, 6) is 1.54. The molecule has 22 heavy (non-hydrogen) atoms. The molecule has 1 aliphatic carbocycles. The number of nitriles is 1. The fraction of sp³-hybridized carbons (Fsp3) is 0.235. The Bertz CT molecular complexity index is 829. The van der Waals surface area contributed by atoms with Gasteiger partial charge in [-0.25, -0.2) is 0 Å². The number of aliphatic hydroxyl groups excluding tert-OH is 1. The first-order valence-electron chi connectivity index (χ1n) is 6.80. The third-order valence-electron chi connectivity index (χ3n) is 3.71. The van der Waals surface area contributed by atoms with Gasteiger partial charge >= 0.3 is 0 Å². The van der Waals surface area contributed by atoms with Gasteiger partial charge in [0.2, 0.25) is 0 Å². The van der Waals surface area contributed by atoms with E-state index in [-0.39, 0.29) is 5.76 Å². The van der Waals surface area contributed by atoms with Crippen molar-refractivity contribution >= 4 is 11.3 Å². The summed E-state index contributed by atoms with van der Waals surface area (Å²) < 4.78 is 16.7. The van der Waals surface area contributed by atoms with Crippen LogP contribution in [0.3, 0.4) is 0 Å². The largest absolute Gasteiger partial charge is 0.496 e. The Labute approximate surface area is 127 Å². The summed E-state index contributed by atoms with van der Waals surface area (Å²) >= 11 is 0. The minimum Gasteiger partial charge on any atom is -0.496 e. The van der Waals surface area contributed by atoms with Crippen LogP contribution in [0, 0.1) is 11.3 Å². The molecular formula is C17H15NO4. The van der Waals surface area contributed by atoms with E-state index in [9.17, 15) is 5.11 Å².